The summed E-state index contributed by atoms with van der Waals surface area (Å²) in [6.07, 6.45) is 0. The molecule has 0 fully saturated rings. The van der Waals surface area contributed by atoms with Gasteiger partial charge in [0.1, 0.15) is 11.9 Å². The fourth-order valence-corrected chi connectivity index (χ4v) is 1.98. The number of hydrogen-bond donors (Lipinski definition) is 1. The summed E-state index contributed by atoms with van der Waals surface area (Å²) in [5.74, 6) is -0.461. The average Bonchev–Trinajstić information content (AvgIpc) is 2.43. The van der Waals surface area contributed by atoms with Crippen molar-refractivity contribution >= 4 is 11.6 Å². The third kappa shape index (κ3) is 3.31. The highest BCUT2D eigenvalue weighted by Gasteiger charge is 2.07. The van der Waals surface area contributed by atoms with Crippen molar-refractivity contribution in [2.45, 2.75) is 13.1 Å². The van der Waals surface area contributed by atoms with Crippen molar-refractivity contribution in [1.29, 1.82) is 5.26 Å². The maximum Gasteiger partial charge on any atom is 0.145 e. The number of nitriles is 1. The lowest BCUT2D eigenvalue weighted by molar-refractivity contribution is 0.585. The molecule has 0 aliphatic rings. The lowest BCUT2D eigenvalue weighted by Crippen LogP contribution is -2.14. The van der Waals surface area contributed by atoms with Crippen LogP contribution in [0.25, 0.3) is 0 Å². The molecule has 96 valence electrons. The minimum Gasteiger partial charge on any atom is -0.308 e. The van der Waals surface area contributed by atoms with Crippen molar-refractivity contribution in [3.05, 3.63) is 70.0 Å². The summed E-state index contributed by atoms with van der Waals surface area (Å²) >= 11 is 6.03. The summed E-state index contributed by atoms with van der Waals surface area (Å²) in [6, 6.07) is 14.1. The number of nitrogens with one attached hydrogen (secondary N) is 1. The Balaban J connectivity index is 2.01. The van der Waals surface area contributed by atoms with Gasteiger partial charge >= 0.3 is 0 Å². The second kappa shape index (κ2) is 6.33. The maximum absolute atomic E-state index is 13.8. The van der Waals surface area contributed by atoms with E-state index in [0.717, 1.165) is 5.56 Å². The molecule has 0 saturated carbocycles. The Morgan fingerprint density at radius 2 is 1.74 bits per heavy atom. The molecule has 0 unspecified atom stereocenters. The molecule has 2 aromatic rings. The first-order valence-corrected chi connectivity index (χ1v) is 6.22. The summed E-state index contributed by atoms with van der Waals surface area (Å²) < 4.78 is 13.8. The molecule has 0 bridgehead atoms. The van der Waals surface area contributed by atoms with Crippen molar-refractivity contribution in [2.24, 2.45) is 0 Å². The number of rotatable bonds is 4. The summed E-state index contributed by atoms with van der Waals surface area (Å²) in [5.41, 5.74) is 1.50. The van der Waals surface area contributed by atoms with Crippen LogP contribution in [0.15, 0.2) is 42.5 Å². The molecule has 0 atom stereocenters. The van der Waals surface area contributed by atoms with Gasteiger partial charge in [0, 0.05) is 23.7 Å². The van der Waals surface area contributed by atoms with E-state index in [0.29, 0.717) is 23.7 Å². The fourth-order valence-electron chi connectivity index (χ4n) is 1.78. The lowest BCUT2D eigenvalue weighted by Gasteiger charge is -2.08. The van der Waals surface area contributed by atoms with Gasteiger partial charge in [0.15, 0.2) is 0 Å². The molecule has 0 aliphatic carbocycles. The quantitative estimate of drug-likeness (QED) is 0.924. The van der Waals surface area contributed by atoms with Crippen molar-refractivity contribution in [3.8, 4) is 6.07 Å². The van der Waals surface area contributed by atoms with Crippen LogP contribution in [0.2, 0.25) is 5.02 Å². The van der Waals surface area contributed by atoms with Crippen LogP contribution in [0.5, 0.6) is 0 Å². The zero-order valence-electron chi connectivity index (χ0n) is 10.2. The van der Waals surface area contributed by atoms with E-state index in [4.69, 9.17) is 16.9 Å². The Hall–Kier alpha value is -1.89. The van der Waals surface area contributed by atoms with Crippen molar-refractivity contribution in [3.63, 3.8) is 0 Å². The molecule has 0 radical (unpaired) electrons. The second-order valence-corrected chi connectivity index (χ2v) is 4.49. The van der Waals surface area contributed by atoms with Gasteiger partial charge in [0.05, 0.1) is 5.56 Å². The predicted molar refractivity (Wildman–Crippen MR) is 73.1 cm³/mol. The largest absolute Gasteiger partial charge is 0.308 e. The normalized spacial score (nSPS) is 10.2. The number of halogens is 2. The predicted octanol–water partition coefficient (Wildman–Crippen LogP) is 3.64. The molecule has 2 aromatic carbocycles. The second-order valence-electron chi connectivity index (χ2n) is 4.09. The van der Waals surface area contributed by atoms with E-state index in [9.17, 15) is 4.39 Å². The zero-order valence-corrected chi connectivity index (χ0v) is 10.9. The molecular formula is C15H12ClFN2. The van der Waals surface area contributed by atoms with E-state index >= 15 is 0 Å². The Kier molecular flexibility index (Phi) is 4.51. The van der Waals surface area contributed by atoms with Crippen LogP contribution in [0.4, 0.5) is 4.39 Å². The van der Waals surface area contributed by atoms with E-state index < -0.39 is 5.82 Å². The van der Waals surface area contributed by atoms with Crippen molar-refractivity contribution in [2.75, 3.05) is 0 Å². The minimum atomic E-state index is -0.461. The van der Waals surface area contributed by atoms with Gasteiger partial charge in [-0.2, -0.15) is 5.26 Å². The van der Waals surface area contributed by atoms with Crippen LogP contribution >= 0.6 is 11.6 Å². The van der Waals surface area contributed by atoms with Crippen LogP contribution in [-0.4, -0.2) is 0 Å². The molecule has 0 saturated heterocycles. The van der Waals surface area contributed by atoms with Gasteiger partial charge in [-0.05, 0) is 17.7 Å². The Labute approximate surface area is 116 Å². The Morgan fingerprint density at radius 1 is 1.05 bits per heavy atom. The number of hydrogen-bond acceptors (Lipinski definition) is 2. The smallest absolute Gasteiger partial charge is 0.145 e. The first-order valence-electron chi connectivity index (χ1n) is 5.84. The highest BCUT2D eigenvalue weighted by Crippen LogP contribution is 2.15. The molecule has 19 heavy (non-hydrogen) atoms. The van der Waals surface area contributed by atoms with Crippen LogP contribution in [0, 0.1) is 17.1 Å². The van der Waals surface area contributed by atoms with E-state index in [1.54, 1.807) is 12.1 Å². The van der Waals surface area contributed by atoms with Crippen LogP contribution in [-0.2, 0) is 13.1 Å². The van der Waals surface area contributed by atoms with Gasteiger partial charge < -0.3 is 5.32 Å². The maximum atomic E-state index is 13.8. The molecular weight excluding hydrogens is 263 g/mol. The van der Waals surface area contributed by atoms with Crippen LogP contribution in [0.3, 0.4) is 0 Å². The lowest BCUT2D eigenvalue weighted by atomic mass is 10.1. The van der Waals surface area contributed by atoms with Gasteiger partial charge in [-0.25, -0.2) is 4.39 Å². The molecule has 2 nitrogen and oxygen atoms in total. The molecule has 0 aromatic heterocycles. The number of nitrogens with zero attached hydrogens (tertiary/aromatic N) is 1. The molecule has 0 aliphatic heterocycles. The first-order chi connectivity index (χ1) is 9.22. The van der Waals surface area contributed by atoms with Gasteiger partial charge in [-0.15, -0.1) is 0 Å². The monoisotopic (exact) mass is 274 g/mol. The summed E-state index contributed by atoms with van der Waals surface area (Å²) in [5, 5.41) is 12.6. The summed E-state index contributed by atoms with van der Waals surface area (Å²) in [7, 11) is 0. The van der Waals surface area contributed by atoms with E-state index in [2.05, 4.69) is 5.32 Å². The van der Waals surface area contributed by atoms with E-state index in [-0.39, 0.29) is 5.56 Å². The third-order valence-corrected chi connectivity index (χ3v) is 3.16. The minimum absolute atomic E-state index is 0.0667. The van der Waals surface area contributed by atoms with Gasteiger partial charge in [-0.3, -0.25) is 0 Å². The zero-order chi connectivity index (χ0) is 13.7. The SMILES string of the molecule is N#Cc1cccc(CNCc2ccccc2Cl)c1F. The van der Waals surface area contributed by atoms with Gasteiger partial charge in [-0.1, -0.05) is 41.9 Å². The van der Waals surface area contributed by atoms with Gasteiger partial charge in [0.2, 0.25) is 0 Å². The fraction of sp³-hybridized carbons (Fsp3) is 0.133. The standard InChI is InChI=1S/C15H12ClFN2/c16-14-7-2-1-4-12(14)9-19-10-13-6-3-5-11(8-18)15(13)17/h1-7,19H,9-10H2. The van der Waals surface area contributed by atoms with Gasteiger partial charge in [0.25, 0.3) is 0 Å². The van der Waals surface area contributed by atoms with Crippen molar-refractivity contribution < 1.29 is 4.39 Å². The van der Waals surface area contributed by atoms with Crippen LogP contribution in [0.1, 0.15) is 16.7 Å². The molecule has 0 heterocycles. The molecule has 2 rings (SSSR count). The highest BCUT2D eigenvalue weighted by atomic mass is 35.5. The summed E-state index contributed by atoms with van der Waals surface area (Å²) in [6.45, 7) is 0.905. The van der Waals surface area contributed by atoms with Crippen LogP contribution < -0.4 is 5.32 Å². The Morgan fingerprint density at radius 3 is 2.47 bits per heavy atom. The number of benzene rings is 2. The molecule has 0 spiro atoms. The average molecular weight is 275 g/mol. The highest BCUT2D eigenvalue weighted by molar-refractivity contribution is 6.31. The topological polar surface area (TPSA) is 35.8 Å². The Bertz CT molecular complexity index is 620. The summed E-state index contributed by atoms with van der Waals surface area (Å²) in [4.78, 5) is 0. The van der Waals surface area contributed by atoms with Crippen molar-refractivity contribution in [1.82, 2.24) is 5.32 Å². The molecule has 1 N–H and O–H groups in total. The van der Waals surface area contributed by atoms with E-state index in [1.807, 2.05) is 30.3 Å². The third-order valence-electron chi connectivity index (χ3n) is 2.79. The first kappa shape index (κ1) is 13.5. The van der Waals surface area contributed by atoms with E-state index in [1.165, 1.54) is 6.07 Å². The molecule has 0 amide bonds. The molecule has 4 heteroatoms.